The molecule has 2 fully saturated rings. The normalized spacial score (nSPS) is 48.1. The quantitative estimate of drug-likeness (QED) is 0.559. The second-order valence-electron chi connectivity index (χ2n) is 3.81. The predicted octanol–water partition coefficient (Wildman–Crippen LogP) is 1.25. The zero-order valence-corrected chi connectivity index (χ0v) is 6.82. The molecule has 0 aromatic rings. The van der Waals surface area contributed by atoms with Crippen molar-refractivity contribution in [3.8, 4) is 0 Å². The fraction of sp³-hybridized carbons (Fsp3) is 0.889. The van der Waals surface area contributed by atoms with Gasteiger partial charge in [0.1, 0.15) is 6.29 Å². The van der Waals surface area contributed by atoms with E-state index in [1.54, 1.807) is 7.11 Å². The highest BCUT2D eigenvalue weighted by Crippen LogP contribution is 2.48. The van der Waals surface area contributed by atoms with Gasteiger partial charge in [-0.15, -0.1) is 0 Å². The molecule has 0 N–H and O–H groups in total. The number of fused-ring (bicyclic) bond motifs is 2. The van der Waals surface area contributed by atoms with E-state index in [1.807, 2.05) is 0 Å². The van der Waals surface area contributed by atoms with Crippen LogP contribution in [0.5, 0.6) is 0 Å². The van der Waals surface area contributed by atoms with Gasteiger partial charge in [0, 0.05) is 13.0 Å². The first-order valence-electron chi connectivity index (χ1n) is 4.33. The summed E-state index contributed by atoms with van der Waals surface area (Å²) in [7, 11) is 1.76. The van der Waals surface area contributed by atoms with E-state index in [1.165, 1.54) is 12.8 Å². The zero-order chi connectivity index (χ0) is 7.84. The molecule has 0 spiro atoms. The summed E-state index contributed by atoms with van der Waals surface area (Å²) in [5, 5.41) is 0. The fourth-order valence-electron chi connectivity index (χ4n) is 2.77. The van der Waals surface area contributed by atoms with Gasteiger partial charge in [0.05, 0.1) is 6.10 Å². The van der Waals surface area contributed by atoms with Gasteiger partial charge in [-0.2, -0.15) is 0 Å². The highest BCUT2D eigenvalue weighted by molar-refractivity contribution is 5.55. The minimum absolute atomic E-state index is 0.304. The Hall–Kier alpha value is -0.370. The molecule has 0 amide bonds. The third kappa shape index (κ3) is 1.00. The lowest BCUT2D eigenvalue weighted by Gasteiger charge is -2.24. The summed E-state index contributed by atoms with van der Waals surface area (Å²) >= 11 is 0. The Balaban J connectivity index is 2.07. The van der Waals surface area contributed by atoms with Gasteiger partial charge in [-0.3, -0.25) is 0 Å². The molecule has 2 rings (SSSR count). The van der Waals surface area contributed by atoms with Crippen LogP contribution in [0.4, 0.5) is 0 Å². The summed E-state index contributed by atoms with van der Waals surface area (Å²) < 4.78 is 5.32. The Morgan fingerprint density at radius 1 is 1.36 bits per heavy atom. The van der Waals surface area contributed by atoms with Crippen LogP contribution in [0.1, 0.15) is 19.3 Å². The van der Waals surface area contributed by atoms with Gasteiger partial charge in [-0.25, -0.2) is 0 Å². The Bertz CT molecular complexity index is 167. The number of hydrogen-bond donors (Lipinski definition) is 0. The maximum absolute atomic E-state index is 10.6. The minimum atomic E-state index is 0.304. The molecule has 0 aromatic carbocycles. The maximum Gasteiger partial charge on any atom is 0.123 e. The molecule has 0 aromatic heterocycles. The summed E-state index contributed by atoms with van der Waals surface area (Å²) in [4.78, 5) is 10.6. The van der Waals surface area contributed by atoms with E-state index in [9.17, 15) is 4.79 Å². The molecule has 2 nitrogen and oxygen atoms in total. The van der Waals surface area contributed by atoms with E-state index in [4.69, 9.17) is 4.74 Å². The molecular weight excluding hydrogens is 140 g/mol. The number of ether oxygens (including phenoxy) is 1. The lowest BCUT2D eigenvalue weighted by molar-refractivity contribution is -0.114. The van der Waals surface area contributed by atoms with Gasteiger partial charge in [0.25, 0.3) is 0 Å². The number of carbonyl (C=O) groups excluding carboxylic acids is 1. The van der Waals surface area contributed by atoms with E-state index in [-0.39, 0.29) is 0 Å². The third-order valence-corrected chi connectivity index (χ3v) is 3.28. The lowest BCUT2D eigenvalue weighted by Crippen LogP contribution is -2.26. The van der Waals surface area contributed by atoms with E-state index in [0.29, 0.717) is 17.9 Å². The van der Waals surface area contributed by atoms with Crippen LogP contribution in [-0.4, -0.2) is 19.5 Å². The van der Waals surface area contributed by atoms with Gasteiger partial charge < -0.3 is 9.53 Å². The standard InChI is InChI=1S/C9H14O2/c1-11-9-4-6-2-7(5-10)8(9)3-6/h5-9H,2-4H2,1H3. The first-order chi connectivity index (χ1) is 5.35. The second-order valence-corrected chi connectivity index (χ2v) is 3.81. The number of hydrogen-bond acceptors (Lipinski definition) is 2. The average molecular weight is 154 g/mol. The highest BCUT2D eigenvalue weighted by atomic mass is 16.5. The third-order valence-electron chi connectivity index (χ3n) is 3.28. The topological polar surface area (TPSA) is 26.3 Å². The molecule has 0 radical (unpaired) electrons. The van der Waals surface area contributed by atoms with Crippen molar-refractivity contribution < 1.29 is 9.53 Å². The van der Waals surface area contributed by atoms with Crippen LogP contribution >= 0.6 is 0 Å². The molecule has 62 valence electrons. The SMILES string of the molecule is COC1CC2CC(C=O)C1C2. The fourth-order valence-corrected chi connectivity index (χ4v) is 2.77. The van der Waals surface area contributed by atoms with Crippen LogP contribution < -0.4 is 0 Å². The summed E-state index contributed by atoms with van der Waals surface area (Å²) in [5.74, 6) is 1.63. The van der Waals surface area contributed by atoms with Gasteiger partial charge in [0.2, 0.25) is 0 Å². The van der Waals surface area contributed by atoms with Crippen molar-refractivity contribution in [2.45, 2.75) is 25.4 Å². The van der Waals surface area contributed by atoms with Crippen molar-refractivity contribution in [1.82, 2.24) is 0 Å². The molecule has 11 heavy (non-hydrogen) atoms. The van der Waals surface area contributed by atoms with Crippen LogP contribution in [0, 0.1) is 17.8 Å². The molecule has 2 bridgehead atoms. The van der Waals surface area contributed by atoms with Gasteiger partial charge in [-0.05, 0) is 31.1 Å². The molecule has 0 saturated heterocycles. The zero-order valence-electron chi connectivity index (χ0n) is 6.82. The van der Waals surface area contributed by atoms with E-state index in [2.05, 4.69) is 0 Å². The molecular formula is C9H14O2. The first-order valence-corrected chi connectivity index (χ1v) is 4.33. The Morgan fingerprint density at radius 3 is 2.73 bits per heavy atom. The maximum atomic E-state index is 10.6. The molecule has 0 aliphatic heterocycles. The first kappa shape index (κ1) is 7.29. The monoisotopic (exact) mass is 154 g/mol. The summed E-state index contributed by atoms with van der Waals surface area (Å²) in [6, 6.07) is 0. The predicted molar refractivity (Wildman–Crippen MR) is 41.2 cm³/mol. The summed E-state index contributed by atoms with van der Waals surface area (Å²) in [5.41, 5.74) is 0. The number of rotatable bonds is 2. The number of carbonyl (C=O) groups is 1. The lowest BCUT2D eigenvalue weighted by atomic mass is 9.88. The molecule has 2 aliphatic carbocycles. The van der Waals surface area contributed by atoms with Crippen molar-refractivity contribution in [2.24, 2.45) is 17.8 Å². The van der Waals surface area contributed by atoms with Crippen molar-refractivity contribution in [3.63, 3.8) is 0 Å². The van der Waals surface area contributed by atoms with Crippen molar-refractivity contribution in [2.75, 3.05) is 7.11 Å². The smallest absolute Gasteiger partial charge is 0.123 e. The van der Waals surface area contributed by atoms with Gasteiger partial charge in [0.15, 0.2) is 0 Å². The van der Waals surface area contributed by atoms with E-state index < -0.39 is 0 Å². The van der Waals surface area contributed by atoms with Gasteiger partial charge >= 0.3 is 0 Å². The van der Waals surface area contributed by atoms with Crippen LogP contribution in [0.15, 0.2) is 0 Å². The van der Waals surface area contributed by atoms with Crippen molar-refractivity contribution in [1.29, 1.82) is 0 Å². The second kappa shape index (κ2) is 2.59. The van der Waals surface area contributed by atoms with Gasteiger partial charge in [-0.1, -0.05) is 0 Å². The average Bonchev–Trinajstić information content (AvgIpc) is 2.60. The van der Waals surface area contributed by atoms with Crippen LogP contribution in [0.3, 0.4) is 0 Å². The van der Waals surface area contributed by atoms with Crippen LogP contribution in [-0.2, 0) is 9.53 Å². The molecule has 2 aliphatic rings. The Labute approximate surface area is 66.9 Å². The largest absolute Gasteiger partial charge is 0.381 e. The van der Waals surface area contributed by atoms with E-state index >= 15 is 0 Å². The van der Waals surface area contributed by atoms with Crippen LogP contribution in [0.25, 0.3) is 0 Å². The molecule has 0 heterocycles. The van der Waals surface area contributed by atoms with Crippen molar-refractivity contribution >= 4 is 6.29 Å². The Kier molecular flexibility index (Phi) is 1.72. The van der Waals surface area contributed by atoms with E-state index in [0.717, 1.165) is 18.6 Å². The number of methoxy groups -OCH3 is 1. The summed E-state index contributed by atoms with van der Waals surface area (Å²) in [6.07, 6.45) is 5.03. The molecule has 4 unspecified atom stereocenters. The number of aldehydes is 1. The summed E-state index contributed by atoms with van der Waals surface area (Å²) in [6.45, 7) is 0. The highest BCUT2D eigenvalue weighted by Gasteiger charge is 2.46. The molecule has 2 heteroatoms. The molecule has 4 atom stereocenters. The molecule has 2 saturated carbocycles. The Morgan fingerprint density at radius 2 is 2.18 bits per heavy atom. The van der Waals surface area contributed by atoms with Crippen LogP contribution in [0.2, 0.25) is 0 Å². The minimum Gasteiger partial charge on any atom is -0.381 e. The van der Waals surface area contributed by atoms with Crippen molar-refractivity contribution in [3.05, 3.63) is 0 Å².